The molecule has 0 atom stereocenters. The highest BCUT2D eigenvalue weighted by atomic mass is 19.1. The Kier molecular flexibility index (Phi) is 8.39. The second kappa shape index (κ2) is 11.7. The van der Waals surface area contributed by atoms with E-state index in [9.17, 15) is 9.59 Å². The van der Waals surface area contributed by atoms with Crippen LogP contribution < -0.4 is 10.1 Å². The summed E-state index contributed by atoms with van der Waals surface area (Å²) in [6.45, 7) is 10.1. The van der Waals surface area contributed by atoms with Crippen LogP contribution in [0.3, 0.4) is 0 Å². The molecule has 194 valence electrons. The normalized spacial score (nSPS) is 14.6. The van der Waals surface area contributed by atoms with Crippen molar-refractivity contribution in [2.24, 2.45) is 0 Å². The fourth-order valence-electron chi connectivity index (χ4n) is 4.97. The molecule has 1 N–H and O–H groups in total. The molecule has 1 aliphatic heterocycles. The van der Waals surface area contributed by atoms with E-state index in [-0.39, 0.29) is 28.4 Å². The maximum Gasteiger partial charge on any atom is 0.196 e. The molecule has 0 spiro atoms. The van der Waals surface area contributed by atoms with Crippen LogP contribution >= 0.6 is 0 Å². The van der Waals surface area contributed by atoms with Crippen LogP contribution in [0.2, 0.25) is 0 Å². The van der Waals surface area contributed by atoms with Crippen LogP contribution in [0.4, 0.5) is 10.1 Å². The standard InChI is InChI=1S/C31H35FN2O3/c1-5-25(22(4)35)30(36)26-19-27(32)29(33-13-16-34-14-9-6-10-15-34)31(21(26)3)37-28-18-24-12-8-7-11-23(24)17-20(28)2/h5,7-8,11-12,17-19,33H,6,9-10,13-16H2,1-4H3/b25-5-. The summed E-state index contributed by atoms with van der Waals surface area (Å²) in [5, 5.41) is 5.33. The van der Waals surface area contributed by atoms with Crippen molar-refractivity contribution in [3.63, 3.8) is 0 Å². The van der Waals surface area contributed by atoms with Gasteiger partial charge in [-0.1, -0.05) is 36.8 Å². The minimum absolute atomic E-state index is 0.0288. The number of ether oxygens (including phenoxy) is 1. The van der Waals surface area contributed by atoms with Gasteiger partial charge in [-0.3, -0.25) is 9.59 Å². The number of hydrogen-bond acceptors (Lipinski definition) is 5. The quantitative estimate of drug-likeness (QED) is 0.148. The van der Waals surface area contributed by atoms with Crippen molar-refractivity contribution in [3.05, 3.63) is 76.6 Å². The molecule has 0 radical (unpaired) electrons. The van der Waals surface area contributed by atoms with Gasteiger partial charge in [0.2, 0.25) is 0 Å². The van der Waals surface area contributed by atoms with Gasteiger partial charge in [-0.25, -0.2) is 4.39 Å². The van der Waals surface area contributed by atoms with Gasteiger partial charge < -0.3 is 15.0 Å². The highest BCUT2D eigenvalue weighted by molar-refractivity contribution is 6.26. The average molecular weight is 503 g/mol. The molecule has 0 aromatic heterocycles. The number of allylic oxidation sites excluding steroid dienone is 2. The number of anilines is 1. The Bertz CT molecular complexity index is 1360. The van der Waals surface area contributed by atoms with E-state index in [1.165, 1.54) is 38.3 Å². The number of carbonyl (C=O) groups excluding carboxylic acids is 2. The predicted octanol–water partition coefficient (Wildman–Crippen LogP) is 7.00. The average Bonchev–Trinajstić information content (AvgIpc) is 2.88. The Hall–Kier alpha value is -3.51. The Balaban J connectivity index is 1.74. The summed E-state index contributed by atoms with van der Waals surface area (Å²) in [4.78, 5) is 27.7. The van der Waals surface area contributed by atoms with Gasteiger partial charge in [-0.2, -0.15) is 0 Å². The monoisotopic (exact) mass is 502 g/mol. The molecule has 1 heterocycles. The summed E-state index contributed by atoms with van der Waals surface area (Å²) in [6.07, 6.45) is 5.10. The van der Waals surface area contributed by atoms with E-state index in [2.05, 4.69) is 10.2 Å². The molecule has 0 aliphatic carbocycles. The summed E-state index contributed by atoms with van der Waals surface area (Å²) in [5.41, 5.74) is 1.76. The number of Topliss-reactive ketones (excluding diaryl/α,β-unsaturated/α-hetero) is 2. The summed E-state index contributed by atoms with van der Waals surface area (Å²) >= 11 is 0. The number of fused-ring (bicyclic) bond motifs is 1. The van der Waals surface area contributed by atoms with Gasteiger partial charge >= 0.3 is 0 Å². The number of hydrogen-bond donors (Lipinski definition) is 1. The number of ketones is 2. The SMILES string of the molecule is C/C=C(/C(C)=O)C(=O)c1cc(F)c(NCCN2CCCCC2)c(Oc2cc3ccccc3cc2C)c1C. The first-order valence-electron chi connectivity index (χ1n) is 13.0. The number of benzene rings is 3. The number of likely N-dealkylation sites (tertiary alicyclic amines) is 1. The smallest absolute Gasteiger partial charge is 0.196 e. The van der Waals surface area contributed by atoms with Gasteiger partial charge in [-0.15, -0.1) is 0 Å². The van der Waals surface area contributed by atoms with E-state index in [0.29, 0.717) is 17.9 Å². The molecular weight excluding hydrogens is 467 g/mol. The first-order valence-corrected chi connectivity index (χ1v) is 13.0. The molecule has 1 saturated heterocycles. The third-order valence-electron chi connectivity index (χ3n) is 7.07. The third kappa shape index (κ3) is 5.91. The number of rotatable bonds is 9. The molecule has 0 saturated carbocycles. The molecule has 3 aromatic rings. The molecule has 0 bridgehead atoms. The molecule has 0 amide bonds. The summed E-state index contributed by atoms with van der Waals surface area (Å²) in [5.74, 6) is -0.600. The van der Waals surface area contributed by atoms with Crippen molar-refractivity contribution in [2.75, 3.05) is 31.5 Å². The van der Waals surface area contributed by atoms with Crippen molar-refractivity contribution in [1.29, 1.82) is 0 Å². The number of piperidine rings is 1. The zero-order valence-corrected chi connectivity index (χ0v) is 22.1. The summed E-state index contributed by atoms with van der Waals surface area (Å²) in [7, 11) is 0. The van der Waals surface area contributed by atoms with E-state index in [1.54, 1.807) is 13.8 Å². The van der Waals surface area contributed by atoms with Gasteiger partial charge in [0.05, 0.1) is 5.57 Å². The first kappa shape index (κ1) is 26.6. The molecule has 3 aromatic carbocycles. The van der Waals surface area contributed by atoms with Crippen LogP contribution in [0, 0.1) is 19.7 Å². The van der Waals surface area contributed by atoms with Crippen LogP contribution in [-0.4, -0.2) is 42.6 Å². The Morgan fingerprint density at radius 3 is 2.38 bits per heavy atom. The van der Waals surface area contributed by atoms with Crippen LogP contribution in [0.25, 0.3) is 10.8 Å². The summed E-state index contributed by atoms with van der Waals surface area (Å²) in [6, 6.07) is 13.1. The zero-order valence-electron chi connectivity index (χ0n) is 22.1. The fraction of sp³-hybridized carbons (Fsp3) is 0.355. The maximum atomic E-state index is 15.6. The van der Waals surface area contributed by atoms with E-state index in [4.69, 9.17) is 4.74 Å². The second-order valence-corrected chi connectivity index (χ2v) is 9.72. The van der Waals surface area contributed by atoms with Crippen molar-refractivity contribution in [2.45, 2.75) is 47.0 Å². The van der Waals surface area contributed by atoms with Crippen LogP contribution in [0.15, 0.2) is 54.1 Å². The zero-order chi connectivity index (χ0) is 26.5. The second-order valence-electron chi connectivity index (χ2n) is 9.72. The van der Waals surface area contributed by atoms with Crippen LogP contribution in [-0.2, 0) is 4.79 Å². The van der Waals surface area contributed by atoms with Crippen LogP contribution in [0.1, 0.15) is 54.6 Å². The number of carbonyl (C=O) groups is 2. The lowest BCUT2D eigenvalue weighted by molar-refractivity contribution is -0.113. The Morgan fingerprint density at radius 1 is 1.05 bits per heavy atom. The number of nitrogens with one attached hydrogen (secondary N) is 1. The highest BCUT2D eigenvalue weighted by Crippen LogP contribution is 2.40. The molecule has 6 heteroatoms. The lowest BCUT2D eigenvalue weighted by atomic mass is 9.95. The summed E-state index contributed by atoms with van der Waals surface area (Å²) < 4.78 is 22.0. The lowest BCUT2D eigenvalue weighted by Crippen LogP contribution is -2.33. The molecule has 0 unspecified atom stereocenters. The van der Waals surface area contributed by atoms with E-state index >= 15 is 4.39 Å². The Morgan fingerprint density at radius 2 is 1.73 bits per heavy atom. The third-order valence-corrected chi connectivity index (χ3v) is 7.07. The molecule has 1 aliphatic rings. The molecule has 1 fully saturated rings. The minimum Gasteiger partial charge on any atom is -0.454 e. The van der Waals surface area contributed by atoms with Crippen molar-refractivity contribution >= 4 is 28.0 Å². The van der Waals surface area contributed by atoms with Gasteiger partial charge in [0.25, 0.3) is 0 Å². The molecule has 37 heavy (non-hydrogen) atoms. The van der Waals surface area contributed by atoms with Crippen LogP contribution in [0.5, 0.6) is 11.5 Å². The lowest BCUT2D eigenvalue weighted by Gasteiger charge is -2.27. The van der Waals surface area contributed by atoms with E-state index in [0.717, 1.165) is 36.0 Å². The van der Waals surface area contributed by atoms with Crippen molar-refractivity contribution < 1.29 is 18.7 Å². The topological polar surface area (TPSA) is 58.6 Å². The number of nitrogens with zero attached hydrogens (tertiary/aromatic N) is 1. The van der Waals surface area contributed by atoms with E-state index < -0.39 is 11.6 Å². The van der Waals surface area contributed by atoms with E-state index in [1.807, 2.05) is 43.3 Å². The fourth-order valence-corrected chi connectivity index (χ4v) is 4.97. The van der Waals surface area contributed by atoms with Crippen molar-refractivity contribution in [1.82, 2.24) is 4.90 Å². The number of aryl methyl sites for hydroxylation is 1. The molecule has 5 nitrogen and oxygen atoms in total. The molecular formula is C31H35FN2O3. The number of halogens is 1. The maximum absolute atomic E-state index is 15.6. The molecule has 4 rings (SSSR count). The highest BCUT2D eigenvalue weighted by Gasteiger charge is 2.25. The van der Waals surface area contributed by atoms with Gasteiger partial charge in [0.1, 0.15) is 11.4 Å². The van der Waals surface area contributed by atoms with Gasteiger partial charge in [0.15, 0.2) is 23.1 Å². The largest absolute Gasteiger partial charge is 0.454 e. The Labute approximate surface area is 218 Å². The first-order chi connectivity index (χ1) is 17.8. The van der Waals surface area contributed by atoms with Crippen molar-refractivity contribution in [3.8, 4) is 11.5 Å². The minimum atomic E-state index is -0.583. The van der Waals surface area contributed by atoms with Gasteiger partial charge in [-0.05, 0) is 88.2 Å². The predicted molar refractivity (Wildman–Crippen MR) is 147 cm³/mol. The van der Waals surface area contributed by atoms with Gasteiger partial charge in [0, 0.05) is 24.2 Å².